The lowest BCUT2D eigenvalue weighted by Crippen LogP contribution is -2.30. The van der Waals surface area contributed by atoms with E-state index in [-0.39, 0.29) is 31.1 Å². The molecular weight excluding hydrogens is 805 g/mol. The Morgan fingerprint density at radius 2 is 0.600 bits per heavy atom. The molecule has 0 spiro atoms. The number of allylic oxidation sites excluding steroid dienone is 14. The average molecular weight is 905 g/mol. The molecule has 65 heavy (non-hydrogen) atoms. The van der Waals surface area contributed by atoms with Gasteiger partial charge in [-0.2, -0.15) is 0 Å². The van der Waals surface area contributed by atoms with Crippen LogP contribution in [0.25, 0.3) is 0 Å². The van der Waals surface area contributed by atoms with Gasteiger partial charge in [0.25, 0.3) is 0 Å². The molecule has 0 heterocycles. The maximum Gasteiger partial charge on any atom is 0.306 e. The van der Waals surface area contributed by atoms with Crippen LogP contribution >= 0.6 is 0 Å². The zero-order chi connectivity index (χ0) is 47.2. The molecule has 0 N–H and O–H groups in total. The minimum absolute atomic E-state index is 0.0846. The Morgan fingerprint density at radius 1 is 0.323 bits per heavy atom. The zero-order valence-electron chi connectivity index (χ0n) is 42.5. The summed E-state index contributed by atoms with van der Waals surface area (Å²) in [7, 11) is 0. The fraction of sp³-hybridized carbons (Fsp3) is 0.712. The molecule has 0 fully saturated rings. The number of hydrogen-bond donors (Lipinski definition) is 0. The Hall–Kier alpha value is -3.41. The second-order valence-corrected chi connectivity index (χ2v) is 17.8. The second kappa shape index (κ2) is 53.2. The summed E-state index contributed by atoms with van der Waals surface area (Å²) >= 11 is 0. The van der Waals surface area contributed by atoms with Gasteiger partial charge in [-0.1, -0.05) is 221 Å². The molecule has 0 saturated heterocycles. The maximum atomic E-state index is 12.8. The van der Waals surface area contributed by atoms with E-state index in [1.54, 1.807) is 0 Å². The van der Waals surface area contributed by atoms with E-state index in [2.05, 4.69) is 106 Å². The number of hydrogen-bond acceptors (Lipinski definition) is 6. The topological polar surface area (TPSA) is 78.9 Å². The van der Waals surface area contributed by atoms with Gasteiger partial charge in [-0.25, -0.2) is 0 Å². The number of esters is 3. The molecule has 0 bridgehead atoms. The summed E-state index contributed by atoms with van der Waals surface area (Å²) in [4.78, 5) is 37.8. The molecule has 0 aliphatic rings. The SMILES string of the molecule is CC/C=C\C/C=C\C/C=C\C/C=C\C/C=C\C/C=C\CCCCCCCCC(=O)OCC(COC(=O)CCCCCCCC)OC(=O)CCCCCCC/C=C\CCCCCCCCC. The summed E-state index contributed by atoms with van der Waals surface area (Å²) in [5, 5.41) is 0. The Morgan fingerprint density at radius 3 is 0.954 bits per heavy atom. The molecule has 0 aliphatic carbocycles. The van der Waals surface area contributed by atoms with Crippen molar-refractivity contribution < 1.29 is 28.6 Å². The molecule has 0 aliphatic heterocycles. The molecule has 6 nitrogen and oxygen atoms in total. The fourth-order valence-electron chi connectivity index (χ4n) is 7.32. The van der Waals surface area contributed by atoms with Gasteiger partial charge in [-0.05, 0) is 96.3 Å². The van der Waals surface area contributed by atoms with Crippen molar-refractivity contribution in [1.29, 1.82) is 0 Å². The highest BCUT2D eigenvalue weighted by atomic mass is 16.6. The van der Waals surface area contributed by atoms with E-state index in [9.17, 15) is 14.4 Å². The van der Waals surface area contributed by atoms with Crippen molar-refractivity contribution in [3.63, 3.8) is 0 Å². The van der Waals surface area contributed by atoms with E-state index in [1.165, 1.54) is 89.9 Å². The van der Waals surface area contributed by atoms with Gasteiger partial charge in [0.05, 0.1) is 0 Å². The highest BCUT2D eigenvalue weighted by Crippen LogP contribution is 2.14. The fourth-order valence-corrected chi connectivity index (χ4v) is 7.32. The summed E-state index contributed by atoms with van der Waals surface area (Å²) < 4.78 is 16.7. The van der Waals surface area contributed by atoms with E-state index in [0.29, 0.717) is 19.3 Å². The van der Waals surface area contributed by atoms with Gasteiger partial charge in [0.2, 0.25) is 0 Å². The van der Waals surface area contributed by atoms with Gasteiger partial charge in [-0.3, -0.25) is 14.4 Å². The lowest BCUT2D eigenvalue weighted by Gasteiger charge is -2.18. The number of carbonyl (C=O) groups excluding carboxylic acids is 3. The lowest BCUT2D eigenvalue weighted by molar-refractivity contribution is -0.167. The molecule has 0 saturated carbocycles. The van der Waals surface area contributed by atoms with E-state index < -0.39 is 6.10 Å². The van der Waals surface area contributed by atoms with Gasteiger partial charge in [0.15, 0.2) is 6.10 Å². The third-order valence-corrected chi connectivity index (χ3v) is 11.4. The first-order valence-corrected chi connectivity index (χ1v) is 27.1. The average Bonchev–Trinajstić information content (AvgIpc) is 3.30. The van der Waals surface area contributed by atoms with Gasteiger partial charge in [0.1, 0.15) is 13.2 Å². The first kappa shape index (κ1) is 61.6. The number of rotatable bonds is 48. The monoisotopic (exact) mass is 905 g/mol. The smallest absolute Gasteiger partial charge is 0.306 e. The van der Waals surface area contributed by atoms with E-state index in [4.69, 9.17) is 14.2 Å². The minimum atomic E-state index is -0.783. The van der Waals surface area contributed by atoms with Crippen LogP contribution in [0.2, 0.25) is 0 Å². The van der Waals surface area contributed by atoms with Crippen molar-refractivity contribution in [1.82, 2.24) is 0 Å². The van der Waals surface area contributed by atoms with Gasteiger partial charge < -0.3 is 14.2 Å². The molecule has 0 aromatic carbocycles. The summed E-state index contributed by atoms with van der Waals surface area (Å²) in [5.74, 6) is -0.917. The standard InChI is InChI=1S/C59H100O6/c1-4-7-10-13-16-18-20-22-24-26-27-28-29-30-31-32-33-34-36-37-39-41-43-46-49-52-58(61)64-55-56(54-63-57(60)51-48-45-15-12-9-6-3)65-59(62)53-50-47-44-42-40-38-35-25-23-21-19-17-14-11-8-5-2/h7,10,16,18,22,24-25,27-28,30-31,33-35,56H,4-6,8-9,11-15,17,19-21,23,26,29,32,36-55H2,1-3H3/b10-7-,18-16-,24-22-,28-27-,31-30-,34-33-,35-25-. The van der Waals surface area contributed by atoms with Crippen molar-refractivity contribution in [2.75, 3.05) is 13.2 Å². The summed E-state index contributed by atoms with van der Waals surface area (Å²) in [6.07, 6.45) is 68.8. The molecule has 1 unspecified atom stereocenters. The number of unbranched alkanes of at least 4 members (excludes halogenated alkanes) is 23. The maximum absolute atomic E-state index is 12.8. The Labute approximate surface area is 401 Å². The highest BCUT2D eigenvalue weighted by molar-refractivity contribution is 5.71. The van der Waals surface area contributed by atoms with Crippen LogP contribution in [0, 0.1) is 0 Å². The minimum Gasteiger partial charge on any atom is -0.462 e. The molecular formula is C59H100O6. The normalized spacial score (nSPS) is 12.7. The van der Waals surface area contributed by atoms with E-state index in [0.717, 1.165) is 122 Å². The quantitative estimate of drug-likeness (QED) is 0.0262. The molecule has 1 atom stereocenters. The van der Waals surface area contributed by atoms with Crippen LogP contribution in [0.1, 0.15) is 252 Å². The third-order valence-electron chi connectivity index (χ3n) is 11.4. The van der Waals surface area contributed by atoms with Crippen molar-refractivity contribution >= 4 is 17.9 Å². The molecule has 372 valence electrons. The Balaban J connectivity index is 4.22. The van der Waals surface area contributed by atoms with Crippen LogP contribution in [0.3, 0.4) is 0 Å². The zero-order valence-corrected chi connectivity index (χ0v) is 42.5. The summed E-state index contributed by atoms with van der Waals surface area (Å²) in [5.41, 5.74) is 0. The highest BCUT2D eigenvalue weighted by Gasteiger charge is 2.19. The molecule has 0 rings (SSSR count). The van der Waals surface area contributed by atoms with Crippen molar-refractivity contribution in [3.8, 4) is 0 Å². The van der Waals surface area contributed by atoms with Crippen LogP contribution in [0.15, 0.2) is 85.1 Å². The first-order valence-electron chi connectivity index (χ1n) is 27.1. The molecule has 0 radical (unpaired) electrons. The Kier molecular flexibility index (Phi) is 50.4. The number of carbonyl (C=O) groups is 3. The van der Waals surface area contributed by atoms with Crippen LogP contribution in [0.5, 0.6) is 0 Å². The molecule has 0 amide bonds. The largest absolute Gasteiger partial charge is 0.462 e. The molecule has 0 aromatic rings. The van der Waals surface area contributed by atoms with Gasteiger partial charge >= 0.3 is 17.9 Å². The van der Waals surface area contributed by atoms with Crippen LogP contribution in [-0.4, -0.2) is 37.2 Å². The van der Waals surface area contributed by atoms with Crippen molar-refractivity contribution in [3.05, 3.63) is 85.1 Å². The van der Waals surface area contributed by atoms with E-state index >= 15 is 0 Å². The van der Waals surface area contributed by atoms with Crippen molar-refractivity contribution in [2.24, 2.45) is 0 Å². The second-order valence-electron chi connectivity index (χ2n) is 17.8. The number of ether oxygens (including phenoxy) is 3. The van der Waals surface area contributed by atoms with Crippen LogP contribution in [-0.2, 0) is 28.6 Å². The Bertz CT molecular complexity index is 1270. The van der Waals surface area contributed by atoms with Crippen LogP contribution in [0.4, 0.5) is 0 Å². The van der Waals surface area contributed by atoms with Gasteiger partial charge in [-0.15, -0.1) is 0 Å². The van der Waals surface area contributed by atoms with Crippen LogP contribution < -0.4 is 0 Å². The van der Waals surface area contributed by atoms with E-state index in [1.807, 2.05) is 0 Å². The lowest BCUT2D eigenvalue weighted by atomic mass is 10.1. The summed E-state index contributed by atoms with van der Waals surface area (Å²) in [6, 6.07) is 0. The predicted octanol–water partition coefficient (Wildman–Crippen LogP) is 18.0. The third kappa shape index (κ3) is 51.4. The van der Waals surface area contributed by atoms with Gasteiger partial charge in [0, 0.05) is 19.3 Å². The summed E-state index contributed by atoms with van der Waals surface area (Å²) in [6.45, 7) is 6.44. The molecule has 0 aromatic heterocycles. The van der Waals surface area contributed by atoms with Crippen molar-refractivity contribution in [2.45, 2.75) is 258 Å². The molecule has 6 heteroatoms. The first-order chi connectivity index (χ1) is 32.0. The predicted molar refractivity (Wildman–Crippen MR) is 279 cm³/mol.